The van der Waals surface area contributed by atoms with Crippen molar-refractivity contribution < 1.29 is 14.3 Å². The topological polar surface area (TPSA) is 46.6 Å². The van der Waals surface area contributed by atoms with Crippen LogP contribution in [0.4, 0.5) is 0 Å². The molecule has 0 saturated carbocycles. The van der Waals surface area contributed by atoms with E-state index in [9.17, 15) is 9.59 Å². The minimum atomic E-state index is -0.381. The van der Waals surface area contributed by atoms with Crippen molar-refractivity contribution in [2.24, 2.45) is 0 Å². The van der Waals surface area contributed by atoms with Crippen molar-refractivity contribution in [3.05, 3.63) is 71.3 Å². The van der Waals surface area contributed by atoms with Gasteiger partial charge in [0.2, 0.25) is 0 Å². The molecule has 4 heteroatoms. The van der Waals surface area contributed by atoms with Crippen LogP contribution in [0, 0.1) is 0 Å². The van der Waals surface area contributed by atoms with Gasteiger partial charge in [0.1, 0.15) is 6.61 Å². The van der Waals surface area contributed by atoms with Gasteiger partial charge in [0.25, 0.3) is 5.91 Å². The predicted octanol–water partition coefficient (Wildman–Crippen LogP) is 3.28. The zero-order valence-corrected chi connectivity index (χ0v) is 12.9. The number of esters is 1. The van der Waals surface area contributed by atoms with Crippen molar-refractivity contribution >= 4 is 11.9 Å². The Labute approximate surface area is 135 Å². The van der Waals surface area contributed by atoms with Crippen LogP contribution in [-0.4, -0.2) is 29.9 Å². The fourth-order valence-electron chi connectivity index (χ4n) is 2.66. The number of hydrogen-bond acceptors (Lipinski definition) is 3. The third-order valence-electron chi connectivity index (χ3n) is 3.97. The Morgan fingerprint density at radius 1 is 0.870 bits per heavy atom. The second-order valence-corrected chi connectivity index (χ2v) is 5.64. The van der Waals surface area contributed by atoms with Crippen LogP contribution in [-0.2, 0) is 11.3 Å². The van der Waals surface area contributed by atoms with E-state index in [0.29, 0.717) is 11.1 Å². The number of likely N-dealkylation sites (tertiary alicyclic amines) is 1. The van der Waals surface area contributed by atoms with Crippen LogP contribution in [0.5, 0.6) is 0 Å². The highest BCUT2D eigenvalue weighted by atomic mass is 16.5. The van der Waals surface area contributed by atoms with Crippen molar-refractivity contribution in [2.75, 3.05) is 13.1 Å². The summed E-state index contributed by atoms with van der Waals surface area (Å²) in [5, 5.41) is 0. The maximum absolute atomic E-state index is 12.2. The lowest BCUT2D eigenvalue weighted by atomic mass is 10.1. The molecule has 1 saturated heterocycles. The molecule has 1 heterocycles. The van der Waals surface area contributed by atoms with Crippen LogP contribution in [0.2, 0.25) is 0 Å². The van der Waals surface area contributed by atoms with Crippen molar-refractivity contribution in [2.45, 2.75) is 19.4 Å². The Hall–Kier alpha value is -2.62. The summed E-state index contributed by atoms with van der Waals surface area (Å²) in [6.07, 6.45) is 2.13. The van der Waals surface area contributed by atoms with Gasteiger partial charge in [-0.2, -0.15) is 0 Å². The molecule has 1 fully saturated rings. The Kier molecular flexibility index (Phi) is 4.71. The maximum atomic E-state index is 12.2. The predicted molar refractivity (Wildman–Crippen MR) is 87.1 cm³/mol. The first-order valence-electron chi connectivity index (χ1n) is 7.84. The van der Waals surface area contributed by atoms with Crippen LogP contribution >= 0.6 is 0 Å². The molecule has 0 aliphatic carbocycles. The molecule has 0 N–H and O–H groups in total. The molecule has 0 spiro atoms. The Balaban J connectivity index is 1.60. The highest BCUT2D eigenvalue weighted by Gasteiger charge is 2.19. The monoisotopic (exact) mass is 309 g/mol. The molecular formula is C19H19NO3. The van der Waals surface area contributed by atoms with Gasteiger partial charge in [0.05, 0.1) is 5.56 Å². The fraction of sp³-hybridized carbons (Fsp3) is 0.263. The van der Waals surface area contributed by atoms with E-state index in [1.807, 2.05) is 35.2 Å². The number of carbonyl (C=O) groups excluding carboxylic acids is 2. The normalized spacial score (nSPS) is 13.8. The van der Waals surface area contributed by atoms with Crippen LogP contribution < -0.4 is 0 Å². The number of nitrogens with zero attached hydrogens (tertiary/aromatic N) is 1. The number of amides is 1. The standard InChI is InChI=1S/C19H19NO3/c21-18(20-12-4-5-13-20)16-8-10-17(11-9-16)19(22)23-14-15-6-2-1-3-7-15/h1-3,6-11H,4-5,12-14H2. The quantitative estimate of drug-likeness (QED) is 0.814. The van der Waals surface area contributed by atoms with E-state index in [4.69, 9.17) is 4.74 Å². The molecule has 4 nitrogen and oxygen atoms in total. The van der Waals surface area contributed by atoms with Gasteiger partial charge < -0.3 is 9.64 Å². The number of ether oxygens (including phenoxy) is 1. The first kappa shape index (κ1) is 15.3. The van der Waals surface area contributed by atoms with E-state index in [1.54, 1.807) is 24.3 Å². The van der Waals surface area contributed by atoms with Gasteiger partial charge in [0.15, 0.2) is 0 Å². The summed E-state index contributed by atoms with van der Waals surface area (Å²) in [6, 6.07) is 16.2. The van der Waals surface area contributed by atoms with Gasteiger partial charge in [-0.05, 0) is 42.7 Å². The second kappa shape index (κ2) is 7.09. The Morgan fingerprint density at radius 3 is 2.13 bits per heavy atom. The number of carbonyl (C=O) groups is 2. The third kappa shape index (κ3) is 3.77. The van der Waals surface area contributed by atoms with Crippen molar-refractivity contribution in [3.8, 4) is 0 Å². The molecule has 118 valence electrons. The molecule has 0 bridgehead atoms. The first-order valence-corrected chi connectivity index (χ1v) is 7.84. The van der Waals surface area contributed by atoms with Crippen LogP contribution in [0.25, 0.3) is 0 Å². The molecule has 0 radical (unpaired) electrons. The van der Waals surface area contributed by atoms with Crippen molar-refractivity contribution in [1.29, 1.82) is 0 Å². The van der Waals surface area contributed by atoms with E-state index in [-0.39, 0.29) is 18.5 Å². The smallest absolute Gasteiger partial charge is 0.338 e. The molecule has 0 unspecified atom stereocenters. The number of benzene rings is 2. The maximum Gasteiger partial charge on any atom is 0.338 e. The molecular weight excluding hydrogens is 290 g/mol. The van der Waals surface area contributed by atoms with E-state index < -0.39 is 0 Å². The molecule has 2 aromatic carbocycles. The van der Waals surface area contributed by atoms with Gasteiger partial charge in [-0.1, -0.05) is 30.3 Å². The van der Waals surface area contributed by atoms with E-state index in [0.717, 1.165) is 31.5 Å². The molecule has 0 atom stereocenters. The summed E-state index contributed by atoms with van der Waals surface area (Å²) in [4.78, 5) is 26.1. The summed E-state index contributed by atoms with van der Waals surface area (Å²) in [5.74, 6) is -0.347. The van der Waals surface area contributed by atoms with Crippen LogP contribution in [0.1, 0.15) is 39.1 Å². The molecule has 2 aromatic rings. The van der Waals surface area contributed by atoms with Crippen molar-refractivity contribution in [1.82, 2.24) is 4.90 Å². The lowest BCUT2D eigenvalue weighted by Crippen LogP contribution is -2.27. The van der Waals surface area contributed by atoms with Crippen LogP contribution in [0.15, 0.2) is 54.6 Å². The number of rotatable bonds is 4. The van der Waals surface area contributed by atoms with Gasteiger partial charge in [-0.15, -0.1) is 0 Å². The van der Waals surface area contributed by atoms with Gasteiger partial charge in [-0.25, -0.2) is 4.79 Å². The SMILES string of the molecule is O=C(OCc1ccccc1)c1ccc(C(=O)N2CCCC2)cc1. The summed E-state index contributed by atoms with van der Waals surface area (Å²) >= 11 is 0. The zero-order chi connectivity index (χ0) is 16.1. The lowest BCUT2D eigenvalue weighted by Gasteiger charge is -2.15. The molecule has 1 amide bonds. The molecule has 23 heavy (non-hydrogen) atoms. The Morgan fingerprint density at radius 2 is 1.48 bits per heavy atom. The highest BCUT2D eigenvalue weighted by Crippen LogP contribution is 2.14. The summed E-state index contributed by atoms with van der Waals surface area (Å²) < 4.78 is 5.28. The fourth-order valence-corrected chi connectivity index (χ4v) is 2.66. The summed E-state index contributed by atoms with van der Waals surface area (Å²) in [6.45, 7) is 1.88. The third-order valence-corrected chi connectivity index (χ3v) is 3.97. The first-order chi connectivity index (χ1) is 11.2. The van der Waals surface area contributed by atoms with Crippen LogP contribution in [0.3, 0.4) is 0 Å². The van der Waals surface area contributed by atoms with Gasteiger partial charge in [0, 0.05) is 18.7 Å². The summed E-state index contributed by atoms with van der Waals surface area (Å²) in [7, 11) is 0. The lowest BCUT2D eigenvalue weighted by molar-refractivity contribution is 0.0472. The largest absolute Gasteiger partial charge is 0.457 e. The highest BCUT2D eigenvalue weighted by molar-refractivity contribution is 5.96. The minimum absolute atomic E-state index is 0.0340. The van der Waals surface area contributed by atoms with E-state index in [1.165, 1.54) is 0 Å². The second-order valence-electron chi connectivity index (χ2n) is 5.64. The van der Waals surface area contributed by atoms with E-state index in [2.05, 4.69) is 0 Å². The Bertz CT molecular complexity index is 674. The molecule has 3 rings (SSSR count). The van der Waals surface area contributed by atoms with E-state index >= 15 is 0 Å². The van der Waals surface area contributed by atoms with Gasteiger partial charge >= 0.3 is 5.97 Å². The average molecular weight is 309 g/mol. The number of hydrogen-bond donors (Lipinski definition) is 0. The average Bonchev–Trinajstić information content (AvgIpc) is 3.15. The minimum Gasteiger partial charge on any atom is -0.457 e. The molecule has 1 aliphatic heterocycles. The van der Waals surface area contributed by atoms with Crippen molar-refractivity contribution in [3.63, 3.8) is 0 Å². The molecule has 0 aromatic heterocycles. The summed E-state index contributed by atoms with van der Waals surface area (Å²) in [5.41, 5.74) is 2.02. The van der Waals surface area contributed by atoms with Gasteiger partial charge in [-0.3, -0.25) is 4.79 Å². The molecule has 1 aliphatic rings. The zero-order valence-electron chi connectivity index (χ0n) is 12.9.